The van der Waals surface area contributed by atoms with Gasteiger partial charge in [0.25, 0.3) is 5.56 Å². The molecule has 0 unspecified atom stereocenters. The fraction of sp³-hybridized carbons (Fsp3) is 0.250. The number of fused-ring (bicyclic) bond motifs is 2. The summed E-state index contributed by atoms with van der Waals surface area (Å²) in [5, 5.41) is 0.831. The van der Waals surface area contributed by atoms with E-state index in [1.54, 1.807) is 10.6 Å². The van der Waals surface area contributed by atoms with Crippen LogP contribution >= 0.6 is 0 Å². The molecule has 0 aliphatic heterocycles. The zero-order chi connectivity index (χ0) is 19.7. The standard InChI is InChI=1S/C24H24N2O2/c1-3-4-6-13-18-16-21-22(24(28)26(18)17-11-7-5-8-12-17)23(27)19-14-9-10-15-20(19)25(21)2/h5,7-12,14-16H,3-4,6,13H2,1-2H3. The molecule has 0 bridgehead atoms. The molecule has 0 saturated carbocycles. The van der Waals surface area contributed by atoms with Crippen molar-refractivity contribution in [3.8, 4) is 5.69 Å². The fourth-order valence-electron chi connectivity index (χ4n) is 3.95. The third kappa shape index (κ3) is 2.95. The minimum Gasteiger partial charge on any atom is -0.343 e. The summed E-state index contributed by atoms with van der Waals surface area (Å²) in [5.41, 5.74) is 2.86. The van der Waals surface area contributed by atoms with E-state index in [-0.39, 0.29) is 16.4 Å². The number of para-hydroxylation sites is 2. The van der Waals surface area contributed by atoms with Gasteiger partial charge in [-0.15, -0.1) is 0 Å². The molecule has 4 rings (SSSR count). The van der Waals surface area contributed by atoms with Gasteiger partial charge < -0.3 is 4.57 Å². The van der Waals surface area contributed by atoms with Crippen molar-refractivity contribution in [2.45, 2.75) is 32.6 Å². The third-order valence-electron chi connectivity index (χ3n) is 5.41. The minimum atomic E-state index is -0.235. The van der Waals surface area contributed by atoms with E-state index >= 15 is 0 Å². The normalized spacial score (nSPS) is 11.4. The van der Waals surface area contributed by atoms with Crippen molar-refractivity contribution < 1.29 is 0 Å². The van der Waals surface area contributed by atoms with Crippen LogP contribution in [-0.4, -0.2) is 9.13 Å². The Hall–Kier alpha value is -3.14. The first-order chi connectivity index (χ1) is 13.6. The minimum absolute atomic E-state index is 0.196. The average Bonchev–Trinajstić information content (AvgIpc) is 2.72. The Kier molecular flexibility index (Phi) is 4.86. The van der Waals surface area contributed by atoms with Crippen LogP contribution in [0.4, 0.5) is 0 Å². The highest BCUT2D eigenvalue weighted by Crippen LogP contribution is 2.20. The van der Waals surface area contributed by atoms with Crippen LogP contribution in [-0.2, 0) is 13.5 Å². The molecule has 0 spiro atoms. The van der Waals surface area contributed by atoms with Crippen LogP contribution in [0.15, 0.2) is 70.3 Å². The van der Waals surface area contributed by atoms with Crippen LogP contribution in [0.25, 0.3) is 27.5 Å². The first-order valence-corrected chi connectivity index (χ1v) is 9.85. The Morgan fingerprint density at radius 3 is 2.32 bits per heavy atom. The van der Waals surface area contributed by atoms with Crippen LogP contribution in [0.5, 0.6) is 0 Å². The fourth-order valence-corrected chi connectivity index (χ4v) is 3.95. The van der Waals surface area contributed by atoms with Crippen molar-refractivity contribution in [3.05, 3.63) is 86.9 Å². The van der Waals surface area contributed by atoms with Gasteiger partial charge in [-0.2, -0.15) is 0 Å². The summed E-state index contributed by atoms with van der Waals surface area (Å²) in [7, 11) is 1.92. The Labute approximate surface area is 163 Å². The Morgan fingerprint density at radius 2 is 1.57 bits per heavy atom. The largest absolute Gasteiger partial charge is 0.343 e. The molecule has 0 aliphatic rings. The zero-order valence-corrected chi connectivity index (χ0v) is 16.3. The van der Waals surface area contributed by atoms with E-state index in [2.05, 4.69) is 6.92 Å². The van der Waals surface area contributed by atoms with Gasteiger partial charge in [0.1, 0.15) is 5.39 Å². The van der Waals surface area contributed by atoms with Gasteiger partial charge in [-0.05, 0) is 43.2 Å². The molecule has 2 aromatic heterocycles. The van der Waals surface area contributed by atoms with Crippen LogP contribution in [0.1, 0.15) is 31.9 Å². The molecule has 142 valence electrons. The van der Waals surface area contributed by atoms with Gasteiger partial charge in [0.05, 0.1) is 11.0 Å². The van der Waals surface area contributed by atoms with Crippen molar-refractivity contribution >= 4 is 21.8 Å². The molecule has 0 N–H and O–H groups in total. The van der Waals surface area contributed by atoms with Gasteiger partial charge in [0.2, 0.25) is 5.43 Å². The average molecular weight is 372 g/mol. The van der Waals surface area contributed by atoms with Crippen molar-refractivity contribution in [2.24, 2.45) is 7.05 Å². The molecule has 0 aliphatic carbocycles. The predicted octanol–water partition coefficient (Wildman–Crippen LogP) is 4.58. The molecule has 0 amide bonds. The van der Waals surface area contributed by atoms with Crippen molar-refractivity contribution in [2.75, 3.05) is 0 Å². The Bertz CT molecular complexity index is 1270. The molecular formula is C24H24N2O2. The zero-order valence-electron chi connectivity index (χ0n) is 16.3. The molecule has 4 aromatic rings. The lowest BCUT2D eigenvalue weighted by atomic mass is 10.1. The van der Waals surface area contributed by atoms with Gasteiger partial charge >= 0.3 is 0 Å². The van der Waals surface area contributed by atoms with Gasteiger partial charge in [0, 0.05) is 23.8 Å². The number of hydrogen-bond donors (Lipinski definition) is 0. The van der Waals surface area contributed by atoms with E-state index < -0.39 is 0 Å². The van der Waals surface area contributed by atoms with Crippen molar-refractivity contribution in [1.29, 1.82) is 0 Å². The molecule has 2 aromatic carbocycles. The second-order valence-electron chi connectivity index (χ2n) is 7.23. The molecule has 2 heterocycles. The van der Waals surface area contributed by atoms with Gasteiger partial charge in [-0.3, -0.25) is 14.2 Å². The van der Waals surface area contributed by atoms with E-state index in [1.807, 2.05) is 66.2 Å². The maximum absolute atomic E-state index is 13.5. The highest BCUT2D eigenvalue weighted by atomic mass is 16.1. The van der Waals surface area contributed by atoms with E-state index in [0.717, 1.165) is 42.6 Å². The summed E-state index contributed by atoms with van der Waals surface area (Å²) in [6.07, 6.45) is 4.04. The van der Waals surface area contributed by atoms with Crippen molar-refractivity contribution in [1.82, 2.24) is 9.13 Å². The third-order valence-corrected chi connectivity index (χ3v) is 5.41. The maximum atomic E-state index is 13.5. The van der Waals surface area contributed by atoms with E-state index in [4.69, 9.17) is 0 Å². The first-order valence-electron chi connectivity index (χ1n) is 9.85. The lowest BCUT2D eigenvalue weighted by molar-refractivity contribution is 0.692. The second-order valence-corrected chi connectivity index (χ2v) is 7.23. The number of benzene rings is 2. The Morgan fingerprint density at radius 1 is 0.857 bits per heavy atom. The van der Waals surface area contributed by atoms with E-state index in [1.165, 1.54) is 0 Å². The Balaban J connectivity index is 2.11. The molecule has 4 heteroatoms. The summed E-state index contributed by atoms with van der Waals surface area (Å²) >= 11 is 0. The molecule has 28 heavy (non-hydrogen) atoms. The van der Waals surface area contributed by atoms with E-state index in [0.29, 0.717) is 10.9 Å². The number of aromatic nitrogens is 2. The number of rotatable bonds is 5. The van der Waals surface area contributed by atoms with Crippen LogP contribution in [0, 0.1) is 0 Å². The lowest BCUT2D eigenvalue weighted by Gasteiger charge is -2.17. The highest BCUT2D eigenvalue weighted by Gasteiger charge is 2.17. The maximum Gasteiger partial charge on any atom is 0.268 e. The molecule has 0 atom stereocenters. The van der Waals surface area contributed by atoms with Crippen molar-refractivity contribution in [3.63, 3.8) is 0 Å². The number of pyridine rings is 2. The summed E-state index contributed by atoms with van der Waals surface area (Å²) < 4.78 is 3.68. The molecule has 0 fully saturated rings. The van der Waals surface area contributed by atoms with Gasteiger partial charge in [-0.1, -0.05) is 50.1 Å². The molecule has 0 radical (unpaired) electrons. The molecular weight excluding hydrogens is 348 g/mol. The number of unbranched alkanes of at least 4 members (excludes halogenated alkanes) is 2. The van der Waals surface area contributed by atoms with E-state index in [9.17, 15) is 9.59 Å². The predicted molar refractivity (Wildman–Crippen MR) is 116 cm³/mol. The monoisotopic (exact) mass is 372 g/mol. The van der Waals surface area contributed by atoms with Crippen LogP contribution in [0.2, 0.25) is 0 Å². The van der Waals surface area contributed by atoms with Crippen LogP contribution < -0.4 is 11.0 Å². The quantitative estimate of drug-likeness (QED) is 0.380. The first kappa shape index (κ1) is 18.2. The van der Waals surface area contributed by atoms with Gasteiger partial charge in [0.15, 0.2) is 0 Å². The SMILES string of the molecule is CCCCCc1cc2c(c(=O)c3ccccc3n2C)c(=O)n1-c1ccccc1. The smallest absolute Gasteiger partial charge is 0.268 e. The number of nitrogens with zero attached hydrogens (tertiary/aromatic N) is 2. The lowest BCUT2D eigenvalue weighted by Crippen LogP contribution is -2.28. The summed E-state index contributed by atoms with van der Waals surface area (Å²) in [5.74, 6) is 0. The van der Waals surface area contributed by atoms with Crippen LogP contribution in [0.3, 0.4) is 0 Å². The van der Waals surface area contributed by atoms with Gasteiger partial charge in [-0.25, -0.2) is 0 Å². The summed E-state index contributed by atoms with van der Waals surface area (Å²) in [6.45, 7) is 2.17. The molecule has 0 saturated heterocycles. The summed E-state index contributed by atoms with van der Waals surface area (Å²) in [6, 6.07) is 19.1. The highest BCUT2D eigenvalue weighted by molar-refractivity contribution is 5.93. The second kappa shape index (κ2) is 7.47. The molecule has 4 nitrogen and oxygen atoms in total. The topological polar surface area (TPSA) is 44.0 Å². The number of hydrogen-bond acceptors (Lipinski definition) is 2. The summed E-state index contributed by atoms with van der Waals surface area (Å²) in [4.78, 5) is 26.7. The number of aryl methyl sites for hydroxylation is 2.